The number of nitrogens with two attached hydrogens (primary N) is 1. The topological polar surface area (TPSA) is 64.8 Å². The highest BCUT2D eigenvalue weighted by Gasteiger charge is 2.16. The highest BCUT2D eigenvalue weighted by molar-refractivity contribution is 5.92. The molecule has 0 aliphatic heterocycles. The van der Waals surface area contributed by atoms with Crippen molar-refractivity contribution in [2.45, 2.75) is 27.2 Å². The lowest BCUT2D eigenvalue weighted by Gasteiger charge is -2.22. The minimum Gasteiger partial charge on any atom is -0.497 e. The summed E-state index contributed by atoms with van der Waals surface area (Å²) in [6.07, 6.45) is 0.818. The van der Waals surface area contributed by atoms with Crippen LogP contribution in [0.1, 0.15) is 27.2 Å². The molecule has 1 aromatic carbocycles. The maximum atomic E-state index is 11.4. The molecule has 0 spiro atoms. The molecule has 0 aliphatic carbocycles. The molecule has 5 nitrogen and oxygen atoms in total. The molecule has 0 fully saturated rings. The summed E-state index contributed by atoms with van der Waals surface area (Å²) >= 11 is 0. The fourth-order valence-corrected chi connectivity index (χ4v) is 1.58. The number of rotatable bonds is 5. The number of benzene rings is 1. The van der Waals surface area contributed by atoms with Crippen molar-refractivity contribution in [2.75, 3.05) is 25.7 Å². The molecule has 0 radical (unpaired) electrons. The Morgan fingerprint density at radius 3 is 2.32 bits per heavy atom. The summed E-state index contributed by atoms with van der Waals surface area (Å²) < 4.78 is 10.3. The maximum absolute atomic E-state index is 11.4. The number of carbonyl (C=O) groups is 1. The Morgan fingerprint density at radius 2 is 1.89 bits per heavy atom. The summed E-state index contributed by atoms with van der Waals surface area (Å²) in [6, 6.07) is 4.76. The zero-order chi connectivity index (χ0) is 14.8. The monoisotopic (exact) mass is 268 g/mol. The number of hydrogen-bond acceptors (Lipinski definition) is 3. The Morgan fingerprint density at radius 1 is 1.26 bits per heavy atom. The Labute approximate surface area is 115 Å². The van der Waals surface area contributed by atoms with Crippen molar-refractivity contribution in [3.8, 4) is 11.5 Å². The van der Waals surface area contributed by atoms with Crippen molar-refractivity contribution in [1.29, 1.82) is 0 Å². The summed E-state index contributed by atoms with van der Waals surface area (Å²) in [4.78, 5) is 12.9. The summed E-state index contributed by atoms with van der Waals surface area (Å²) in [7, 11) is 3.12. The van der Waals surface area contributed by atoms with Crippen LogP contribution in [0.3, 0.4) is 0 Å². The number of carbonyl (C=O) groups excluding carboxylic acids is 1. The third-order valence-electron chi connectivity index (χ3n) is 2.39. The average molecular weight is 268 g/mol. The highest BCUT2D eigenvalue weighted by Crippen LogP contribution is 2.32. The quantitative estimate of drug-likeness (QED) is 0.892. The number of methoxy groups -OCH3 is 2. The molecule has 0 atom stereocenters. The fraction of sp³-hybridized carbons (Fsp3) is 0.500. The van der Waals surface area contributed by atoms with Gasteiger partial charge in [-0.2, -0.15) is 0 Å². The molecule has 1 rings (SSSR count). The van der Waals surface area contributed by atoms with E-state index in [0.717, 1.165) is 6.42 Å². The van der Waals surface area contributed by atoms with Gasteiger partial charge in [-0.3, -0.25) is 4.90 Å². The van der Waals surface area contributed by atoms with E-state index in [4.69, 9.17) is 15.2 Å². The first kappa shape index (κ1) is 17.1. The van der Waals surface area contributed by atoms with Gasteiger partial charge in [-0.15, -0.1) is 0 Å². The Bertz CT molecular complexity index is 394. The van der Waals surface area contributed by atoms with Gasteiger partial charge in [0.2, 0.25) is 0 Å². The lowest BCUT2D eigenvalue weighted by atomic mass is 10.2. The van der Waals surface area contributed by atoms with Crippen LogP contribution in [0.5, 0.6) is 11.5 Å². The lowest BCUT2D eigenvalue weighted by molar-refractivity contribution is 0.253. The minimum atomic E-state index is -0.490. The van der Waals surface area contributed by atoms with Crippen molar-refractivity contribution in [2.24, 2.45) is 5.73 Å². The summed E-state index contributed by atoms with van der Waals surface area (Å²) in [5.41, 5.74) is 6.00. The molecule has 0 unspecified atom stereocenters. The largest absolute Gasteiger partial charge is 0.497 e. The van der Waals surface area contributed by atoms with Crippen LogP contribution in [0.15, 0.2) is 18.2 Å². The molecule has 0 saturated carbocycles. The zero-order valence-electron chi connectivity index (χ0n) is 12.4. The highest BCUT2D eigenvalue weighted by atomic mass is 16.5. The van der Waals surface area contributed by atoms with E-state index < -0.39 is 6.03 Å². The number of amides is 2. The smallest absolute Gasteiger partial charge is 0.319 e. The van der Waals surface area contributed by atoms with Gasteiger partial charge in [0.05, 0.1) is 19.9 Å². The van der Waals surface area contributed by atoms with E-state index in [1.165, 1.54) is 4.90 Å². The first-order valence-corrected chi connectivity index (χ1v) is 6.43. The molecule has 1 aromatic rings. The molecule has 0 saturated heterocycles. The molecular formula is C14H24N2O3. The first-order valence-electron chi connectivity index (χ1n) is 6.43. The Kier molecular flexibility index (Phi) is 8.17. The van der Waals surface area contributed by atoms with Crippen LogP contribution in [0.25, 0.3) is 0 Å². The number of urea groups is 1. The van der Waals surface area contributed by atoms with E-state index >= 15 is 0 Å². The van der Waals surface area contributed by atoms with Crippen LogP contribution >= 0.6 is 0 Å². The summed E-state index contributed by atoms with van der Waals surface area (Å²) in [5.74, 6) is 1.24. The molecule has 19 heavy (non-hydrogen) atoms. The SMILES string of the molecule is CC.CCCN(C(N)=O)c1ccc(OC)cc1OC. The third-order valence-corrected chi connectivity index (χ3v) is 2.39. The molecule has 0 heterocycles. The van der Waals surface area contributed by atoms with Gasteiger partial charge in [-0.05, 0) is 18.6 Å². The fourth-order valence-electron chi connectivity index (χ4n) is 1.58. The Hall–Kier alpha value is -1.91. The summed E-state index contributed by atoms with van der Waals surface area (Å²) in [5, 5.41) is 0. The second-order valence-electron chi connectivity index (χ2n) is 3.53. The number of nitrogens with zero attached hydrogens (tertiary/aromatic N) is 1. The number of anilines is 1. The third kappa shape index (κ3) is 4.69. The van der Waals surface area contributed by atoms with Crippen molar-refractivity contribution in [3.05, 3.63) is 18.2 Å². The van der Waals surface area contributed by atoms with E-state index in [1.807, 2.05) is 20.8 Å². The van der Waals surface area contributed by atoms with Gasteiger partial charge in [0.15, 0.2) is 0 Å². The van der Waals surface area contributed by atoms with Crippen LogP contribution in [-0.2, 0) is 0 Å². The van der Waals surface area contributed by atoms with Crippen molar-refractivity contribution >= 4 is 11.7 Å². The molecular weight excluding hydrogens is 244 g/mol. The molecule has 0 aliphatic rings. The van der Waals surface area contributed by atoms with Gasteiger partial charge >= 0.3 is 6.03 Å². The van der Waals surface area contributed by atoms with Crippen LogP contribution in [0, 0.1) is 0 Å². The standard InChI is InChI=1S/C12H18N2O3.C2H6/c1-4-7-14(12(13)15)10-6-5-9(16-2)8-11(10)17-3;1-2/h5-6,8H,4,7H2,1-3H3,(H2,13,15);1-2H3. The summed E-state index contributed by atoms with van der Waals surface area (Å²) in [6.45, 7) is 6.53. The molecule has 2 amide bonds. The van der Waals surface area contributed by atoms with E-state index in [-0.39, 0.29) is 0 Å². The lowest BCUT2D eigenvalue weighted by Crippen LogP contribution is -2.36. The minimum absolute atomic E-state index is 0.490. The average Bonchev–Trinajstić information content (AvgIpc) is 2.46. The molecule has 108 valence electrons. The van der Waals surface area contributed by atoms with E-state index in [0.29, 0.717) is 23.7 Å². The van der Waals surface area contributed by atoms with Gasteiger partial charge < -0.3 is 15.2 Å². The van der Waals surface area contributed by atoms with E-state index in [1.54, 1.807) is 32.4 Å². The van der Waals surface area contributed by atoms with E-state index in [2.05, 4.69) is 0 Å². The van der Waals surface area contributed by atoms with E-state index in [9.17, 15) is 4.79 Å². The predicted octanol–water partition coefficient (Wildman–Crippen LogP) is 3.03. The Balaban J connectivity index is 0.00000154. The zero-order valence-corrected chi connectivity index (χ0v) is 12.4. The molecule has 2 N–H and O–H groups in total. The number of primary amides is 1. The van der Waals surface area contributed by atoms with Crippen molar-refractivity contribution < 1.29 is 14.3 Å². The van der Waals surface area contributed by atoms with Crippen molar-refractivity contribution in [1.82, 2.24) is 0 Å². The van der Waals surface area contributed by atoms with Gasteiger partial charge in [-0.25, -0.2) is 4.79 Å². The van der Waals surface area contributed by atoms with Crippen LogP contribution in [0.4, 0.5) is 10.5 Å². The molecule has 0 bridgehead atoms. The molecule has 0 aromatic heterocycles. The molecule has 5 heteroatoms. The second-order valence-corrected chi connectivity index (χ2v) is 3.53. The van der Waals surface area contributed by atoms with Gasteiger partial charge in [-0.1, -0.05) is 20.8 Å². The second kappa shape index (κ2) is 9.08. The van der Waals surface area contributed by atoms with Gasteiger partial charge in [0.1, 0.15) is 11.5 Å². The van der Waals surface area contributed by atoms with Crippen LogP contribution in [0.2, 0.25) is 0 Å². The van der Waals surface area contributed by atoms with Crippen molar-refractivity contribution in [3.63, 3.8) is 0 Å². The first-order chi connectivity index (χ1) is 9.13. The van der Waals surface area contributed by atoms with Crippen LogP contribution < -0.4 is 20.1 Å². The predicted molar refractivity (Wildman–Crippen MR) is 78.1 cm³/mol. The normalized spacial score (nSPS) is 9.11. The van der Waals surface area contributed by atoms with Gasteiger partial charge in [0.25, 0.3) is 0 Å². The maximum Gasteiger partial charge on any atom is 0.319 e. The van der Waals surface area contributed by atoms with Gasteiger partial charge in [0, 0.05) is 12.6 Å². The number of ether oxygens (including phenoxy) is 2. The number of hydrogen-bond donors (Lipinski definition) is 1. The van der Waals surface area contributed by atoms with Crippen LogP contribution in [-0.4, -0.2) is 26.8 Å².